The van der Waals surface area contributed by atoms with Gasteiger partial charge in [-0.05, 0) is 25.7 Å². The molecule has 3 atom stereocenters. The molecule has 40 heavy (non-hydrogen) atoms. The van der Waals surface area contributed by atoms with Crippen LogP contribution < -0.4 is 27.2 Å². The molecule has 11 nitrogen and oxygen atoms in total. The van der Waals surface area contributed by atoms with Crippen molar-refractivity contribution in [3.8, 4) is 0 Å². The summed E-state index contributed by atoms with van der Waals surface area (Å²) in [4.78, 5) is 53.0. The first-order chi connectivity index (χ1) is 19.4. The second-order valence-corrected chi connectivity index (χ2v) is 12.5. The summed E-state index contributed by atoms with van der Waals surface area (Å²) in [5.74, 6) is 1.13. The lowest BCUT2D eigenvalue weighted by atomic mass is 10.0. The molecule has 0 aliphatic carbocycles. The van der Waals surface area contributed by atoms with E-state index in [0.717, 1.165) is 70.1 Å². The van der Waals surface area contributed by atoms with Crippen LogP contribution in [0.25, 0.3) is 11.2 Å². The Labute approximate surface area is 239 Å². The lowest BCUT2D eigenvalue weighted by molar-refractivity contribution is -0.121. The van der Waals surface area contributed by atoms with Crippen molar-refractivity contribution in [3.63, 3.8) is 0 Å². The van der Waals surface area contributed by atoms with Crippen LogP contribution in [0.2, 0.25) is 0 Å². The van der Waals surface area contributed by atoms with Gasteiger partial charge in [0.1, 0.15) is 0 Å². The van der Waals surface area contributed by atoms with Gasteiger partial charge in [0.15, 0.2) is 11.2 Å². The summed E-state index contributed by atoms with van der Waals surface area (Å²) in [5, 5.41) is 9.50. The predicted molar refractivity (Wildman–Crippen MR) is 159 cm³/mol. The van der Waals surface area contributed by atoms with Gasteiger partial charge in [0, 0.05) is 44.6 Å². The number of rotatable bonds is 17. The van der Waals surface area contributed by atoms with Crippen molar-refractivity contribution in [1.82, 2.24) is 34.6 Å². The minimum atomic E-state index is -0.303. The van der Waals surface area contributed by atoms with Crippen molar-refractivity contribution < 1.29 is 9.59 Å². The zero-order valence-electron chi connectivity index (χ0n) is 24.0. The molecule has 0 spiro atoms. The average molecular weight is 576 g/mol. The van der Waals surface area contributed by atoms with Crippen molar-refractivity contribution in [1.29, 1.82) is 0 Å². The molecule has 0 aromatic carbocycles. The number of urea groups is 1. The lowest BCUT2D eigenvalue weighted by Gasteiger charge is -2.16. The number of thioether (sulfide) groups is 1. The van der Waals surface area contributed by atoms with E-state index in [0.29, 0.717) is 29.4 Å². The first-order valence-electron chi connectivity index (χ1n) is 14.9. The summed E-state index contributed by atoms with van der Waals surface area (Å²) in [6.45, 7) is 1.19. The number of nitrogens with zero attached hydrogens (tertiary/aromatic N) is 4. The van der Waals surface area contributed by atoms with Gasteiger partial charge in [-0.25, -0.2) is 14.6 Å². The van der Waals surface area contributed by atoms with Gasteiger partial charge in [0.2, 0.25) is 5.91 Å². The number of hydrogen-bond acceptors (Lipinski definition) is 6. The van der Waals surface area contributed by atoms with Gasteiger partial charge >= 0.3 is 11.7 Å². The number of amides is 3. The van der Waals surface area contributed by atoms with E-state index < -0.39 is 0 Å². The molecule has 2 fully saturated rings. The van der Waals surface area contributed by atoms with E-state index in [4.69, 9.17) is 0 Å². The second-order valence-electron chi connectivity index (χ2n) is 11.2. The van der Waals surface area contributed by atoms with Crippen LogP contribution in [-0.2, 0) is 25.4 Å². The van der Waals surface area contributed by atoms with Crippen molar-refractivity contribution in [2.75, 3.05) is 12.3 Å². The monoisotopic (exact) mass is 575 g/mol. The normalized spacial score (nSPS) is 20.1. The topological polar surface area (TPSA) is 132 Å². The third-order valence-electron chi connectivity index (χ3n) is 8.16. The first kappa shape index (κ1) is 30.2. The highest BCUT2D eigenvalue weighted by Gasteiger charge is 2.42. The minimum Gasteiger partial charge on any atom is -0.356 e. The van der Waals surface area contributed by atoms with E-state index in [-0.39, 0.29) is 35.3 Å². The molecule has 2 saturated heterocycles. The fraction of sp³-hybridized carbons (Fsp3) is 0.750. The maximum atomic E-state index is 12.7. The van der Waals surface area contributed by atoms with Crippen LogP contribution in [0.1, 0.15) is 83.5 Å². The highest BCUT2D eigenvalue weighted by molar-refractivity contribution is 8.00. The fourth-order valence-electron chi connectivity index (χ4n) is 5.82. The van der Waals surface area contributed by atoms with E-state index in [9.17, 15) is 19.2 Å². The van der Waals surface area contributed by atoms with E-state index >= 15 is 0 Å². The summed E-state index contributed by atoms with van der Waals surface area (Å²) < 4.78 is 4.46. The fourth-order valence-corrected chi connectivity index (χ4v) is 7.36. The Morgan fingerprint density at radius 1 is 0.975 bits per heavy atom. The molecule has 4 heterocycles. The van der Waals surface area contributed by atoms with E-state index in [2.05, 4.69) is 20.9 Å². The molecule has 12 heteroatoms. The van der Waals surface area contributed by atoms with Gasteiger partial charge in [-0.2, -0.15) is 11.8 Å². The number of aromatic nitrogens is 4. The summed E-state index contributed by atoms with van der Waals surface area (Å²) >= 11 is 1.92. The predicted octanol–water partition coefficient (Wildman–Crippen LogP) is 2.79. The Balaban J connectivity index is 0.954. The molecule has 2 aliphatic rings. The van der Waals surface area contributed by atoms with Crippen molar-refractivity contribution in [2.45, 2.75) is 107 Å². The summed E-state index contributed by atoms with van der Waals surface area (Å²) in [6, 6.07) is 0.466. The average Bonchev–Trinajstić information content (AvgIpc) is 3.61. The van der Waals surface area contributed by atoms with Crippen molar-refractivity contribution in [3.05, 3.63) is 27.2 Å². The second kappa shape index (κ2) is 14.7. The molecule has 3 amide bonds. The minimum absolute atomic E-state index is 0.0447. The van der Waals surface area contributed by atoms with Crippen LogP contribution >= 0.6 is 11.8 Å². The number of nitrogens with one attached hydrogen (secondary N) is 3. The highest BCUT2D eigenvalue weighted by atomic mass is 32.2. The van der Waals surface area contributed by atoms with Crippen molar-refractivity contribution in [2.24, 2.45) is 14.1 Å². The molecular weight excluding hydrogens is 530 g/mol. The SMILES string of the molecule is Cn1cnc2c1c(=O)n(CCCCCCCCCCCNC(=O)CCCC[C@@H]1SC[C@@H]3NC(=O)N[C@@H]31)c(=O)n2C. The zero-order chi connectivity index (χ0) is 28.5. The molecule has 222 valence electrons. The van der Waals surface area contributed by atoms with Gasteiger partial charge in [-0.3, -0.25) is 18.7 Å². The number of aryl methyl sites for hydroxylation is 2. The summed E-state index contributed by atoms with van der Waals surface area (Å²) in [5.41, 5.74) is 0.334. The summed E-state index contributed by atoms with van der Waals surface area (Å²) in [7, 11) is 3.43. The smallest absolute Gasteiger partial charge is 0.332 e. The van der Waals surface area contributed by atoms with E-state index in [1.165, 1.54) is 28.4 Å². The first-order valence-corrected chi connectivity index (χ1v) is 16.0. The van der Waals surface area contributed by atoms with Crippen LogP contribution in [-0.4, -0.2) is 60.3 Å². The van der Waals surface area contributed by atoms with Crippen LogP contribution in [0.15, 0.2) is 15.9 Å². The number of fused-ring (bicyclic) bond motifs is 2. The van der Waals surface area contributed by atoms with Gasteiger partial charge in [0.25, 0.3) is 5.56 Å². The lowest BCUT2D eigenvalue weighted by Crippen LogP contribution is -2.39. The summed E-state index contributed by atoms with van der Waals surface area (Å²) in [6.07, 6.45) is 14.9. The van der Waals surface area contributed by atoms with E-state index in [1.807, 2.05) is 11.8 Å². The number of carbonyl (C=O) groups excluding carboxylic acids is 2. The molecule has 2 aromatic heterocycles. The highest BCUT2D eigenvalue weighted by Crippen LogP contribution is 2.33. The van der Waals surface area contributed by atoms with Gasteiger partial charge in [-0.1, -0.05) is 51.4 Å². The van der Waals surface area contributed by atoms with Crippen LogP contribution in [0, 0.1) is 0 Å². The Hall–Kier alpha value is -2.76. The molecule has 4 rings (SSSR count). The van der Waals surface area contributed by atoms with Gasteiger partial charge < -0.3 is 20.5 Å². The van der Waals surface area contributed by atoms with Crippen molar-refractivity contribution >= 4 is 34.9 Å². The zero-order valence-corrected chi connectivity index (χ0v) is 24.8. The standard InChI is InChI=1S/C28H45N7O4S/c1-33-19-30-25-24(33)26(37)35(28(39)34(25)2)17-13-9-7-5-3-4-6-8-12-16-29-22(36)15-11-10-14-21-23-20(18-40-21)31-27(38)32-23/h19-21,23H,3-18H2,1-2H3,(H,29,36)(H2,31,32,38)/t20-,21-,23-/m0/s1. The number of unbranched alkanes of at least 4 members (excludes halogenated alkanes) is 9. The number of hydrogen-bond donors (Lipinski definition) is 3. The Morgan fingerprint density at radius 3 is 2.42 bits per heavy atom. The van der Waals surface area contributed by atoms with Crippen LogP contribution in [0.4, 0.5) is 4.79 Å². The molecule has 3 N–H and O–H groups in total. The number of imidazole rings is 1. The molecular formula is C28H45N7O4S. The van der Waals surface area contributed by atoms with Gasteiger partial charge in [0.05, 0.1) is 18.4 Å². The largest absolute Gasteiger partial charge is 0.356 e. The maximum absolute atomic E-state index is 12.7. The Kier molecular flexibility index (Phi) is 11.1. The number of carbonyl (C=O) groups is 2. The molecule has 0 bridgehead atoms. The van der Waals surface area contributed by atoms with Crippen LogP contribution in [0.3, 0.4) is 0 Å². The Bertz CT molecular complexity index is 1270. The third-order valence-corrected chi connectivity index (χ3v) is 9.67. The molecule has 2 aliphatic heterocycles. The Morgan fingerprint density at radius 2 is 1.68 bits per heavy atom. The van der Waals surface area contributed by atoms with Crippen LogP contribution in [0.5, 0.6) is 0 Å². The van der Waals surface area contributed by atoms with E-state index in [1.54, 1.807) is 25.0 Å². The molecule has 2 aromatic rings. The molecule has 0 radical (unpaired) electrons. The molecule has 0 unspecified atom stereocenters. The van der Waals surface area contributed by atoms with Gasteiger partial charge in [-0.15, -0.1) is 0 Å². The quantitative estimate of drug-likeness (QED) is 0.196. The third kappa shape index (κ3) is 7.70. The molecule has 0 saturated carbocycles. The maximum Gasteiger partial charge on any atom is 0.332 e.